The van der Waals surface area contributed by atoms with Crippen LogP contribution in [0.15, 0.2) is 27.1 Å². The molecule has 2 aromatic rings. The SMILES string of the molecule is Brc1ccc2oc(I)nc2c1. The summed E-state index contributed by atoms with van der Waals surface area (Å²) < 4.78 is 6.98. The van der Waals surface area contributed by atoms with Crippen LogP contribution in [0.25, 0.3) is 11.1 Å². The highest BCUT2D eigenvalue weighted by Gasteiger charge is 2.01. The Balaban J connectivity index is 2.82. The Kier molecular flexibility index (Phi) is 1.88. The Hall–Kier alpha value is -0.100. The molecule has 0 fully saturated rings. The van der Waals surface area contributed by atoms with E-state index in [0.717, 1.165) is 15.6 Å². The van der Waals surface area contributed by atoms with Crippen LogP contribution in [-0.4, -0.2) is 4.98 Å². The third kappa shape index (κ3) is 1.41. The first-order chi connectivity index (χ1) is 5.25. The summed E-state index contributed by atoms with van der Waals surface area (Å²) in [5.41, 5.74) is 1.72. The van der Waals surface area contributed by atoms with Gasteiger partial charge in [0.1, 0.15) is 5.52 Å². The maximum atomic E-state index is 5.28. The minimum atomic E-state index is 0.677. The number of fused-ring (bicyclic) bond motifs is 1. The number of halogens is 2. The van der Waals surface area contributed by atoms with Crippen molar-refractivity contribution >= 4 is 49.6 Å². The van der Waals surface area contributed by atoms with E-state index in [0.29, 0.717) is 3.90 Å². The topological polar surface area (TPSA) is 26.0 Å². The van der Waals surface area contributed by atoms with Crippen LogP contribution in [0.1, 0.15) is 0 Å². The van der Waals surface area contributed by atoms with Gasteiger partial charge in [0.05, 0.1) is 0 Å². The zero-order valence-corrected chi connectivity index (χ0v) is 9.09. The van der Waals surface area contributed by atoms with Gasteiger partial charge in [-0.05, 0) is 18.2 Å². The van der Waals surface area contributed by atoms with Crippen LogP contribution >= 0.6 is 38.5 Å². The highest BCUT2D eigenvalue weighted by molar-refractivity contribution is 14.1. The van der Waals surface area contributed by atoms with Crippen molar-refractivity contribution < 1.29 is 4.42 Å². The number of nitrogens with zero attached hydrogens (tertiary/aromatic N) is 1. The monoisotopic (exact) mass is 323 g/mol. The second-order valence-electron chi connectivity index (χ2n) is 2.08. The van der Waals surface area contributed by atoms with E-state index in [4.69, 9.17) is 4.42 Å². The van der Waals surface area contributed by atoms with Crippen molar-refractivity contribution in [1.29, 1.82) is 0 Å². The molecule has 0 saturated carbocycles. The second-order valence-corrected chi connectivity index (χ2v) is 3.92. The van der Waals surface area contributed by atoms with E-state index in [1.54, 1.807) is 0 Å². The third-order valence-corrected chi connectivity index (χ3v) is 2.28. The molecule has 56 valence electrons. The molecule has 0 amide bonds. The number of aromatic nitrogens is 1. The minimum absolute atomic E-state index is 0.677. The third-order valence-electron chi connectivity index (χ3n) is 1.32. The summed E-state index contributed by atoms with van der Waals surface area (Å²) in [7, 11) is 0. The average Bonchev–Trinajstić information content (AvgIpc) is 2.27. The molecule has 2 rings (SSSR count). The van der Waals surface area contributed by atoms with Gasteiger partial charge in [0, 0.05) is 27.1 Å². The smallest absolute Gasteiger partial charge is 0.258 e. The van der Waals surface area contributed by atoms with Crippen molar-refractivity contribution in [3.63, 3.8) is 0 Å². The van der Waals surface area contributed by atoms with Gasteiger partial charge in [-0.25, -0.2) is 4.98 Å². The molecule has 0 N–H and O–H groups in total. The largest absolute Gasteiger partial charge is 0.432 e. The molecular formula is C7H3BrINO. The first kappa shape index (κ1) is 7.54. The molecule has 0 bridgehead atoms. The Morgan fingerprint density at radius 2 is 2.27 bits per heavy atom. The zero-order chi connectivity index (χ0) is 7.84. The summed E-state index contributed by atoms with van der Waals surface area (Å²) in [6, 6.07) is 5.76. The fraction of sp³-hybridized carbons (Fsp3) is 0. The van der Waals surface area contributed by atoms with Gasteiger partial charge < -0.3 is 4.42 Å². The molecule has 0 unspecified atom stereocenters. The van der Waals surface area contributed by atoms with E-state index < -0.39 is 0 Å². The van der Waals surface area contributed by atoms with Gasteiger partial charge in [0.15, 0.2) is 5.58 Å². The van der Waals surface area contributed by atoms with Crippen LogP contribution in [0.3, 0.4) is 0 Å². The summed E-state index contributed by atoms with van der Waals surface area (Å²) in [6.07, 6.45) is 0. The van der Waals surface area contributed by atoms with Gasteiger partial charge >= 0.3 is 0 Å². The van der Waals surface area contributed by atoms with E-state index in [2.05, 4.69) is 43.5 Å². The molecule has 4 heteroatoms. The van der Waals surface area contributed by atoms with Crippen LogP contribution in [0.5, 0.6) is 0 Å². The van der Waals surface area contributed by atoms with Crippen LogP contribution in [0.4, 0.5) is 0 Å². The normalized spacial score (nSPS) is 10.7. The summed E-state index contributed by atoms with van der Waals surface area (Å²) >= 11 is 5.41. The lowest BCUT2D eigenvalue weighted by molar-refractivity contribution is 0.566. The fourth-order valence-corrected chi connectivity index (χ4v) is 1.72. The van der Waals surface area contributed by atoms with Crippen molar-refractivity contribution in [3.8, 4) is 0 Å². The number of rotatable bonds is 0. The minimum Gasteiger partial charge on any atom is -0.432 e. The Bertz CT molecular complexity index is 398. The second kappa shape index (κ2) is 2.75. The first-order valence-corrected chi connectivity index (χ1v) is 4.84. The molecule has 0 aliphatic carbocycles. The summed E-state index contributed by atoms with van der Waals surface area (Å²) in [4.78, 5) is 4.16. The lowest BCUT2D eigenvalue weighted by Crippen LogP contribution is -1.67. The lowest BCUT2D eigenvalue weighted by atomic mass is 10.3. The Morgan fingerprint density at radius 3 is 3.09 bits per heavy atom. The molecule has 0 aliphatic rings. The average molecular weight is 324 g/mol. The molecule has 0 spiro atoms. The van der Waals surface area contributed by atoms with Gasteiger partial charge in [-0.2, -0.15) is 0 Å². The van der Waals surface area contributed by atoms with Crippen LogP contribution < -0.4 is 0 Å². The molecule has 0 atom stereocenters. The van der Waals surface area contributed by atoms with E-state index in [1.807, 2.05) is 18.2 Å². The van der Waals surface area contributed by atoms with Crippen molar-refractivity contribution in [3.05, 3.63) is 26.6 Å². The molecule has 0 aliphatic heterocycles. The first-order valence-electron chi connectivity index (χ1n) is 2.97. The van der Waals surface area contributed by atoms with Crippen molar-refractivity contribution in [2.24, 2.45) is 0 Å². The van der Waals surface area contributed by atoms with E-state index in [1.165, 1.54) is 0 Å². The van der Waals surface area contributed by atoms with Crippen molar-refractivity contribution in [2.75, 3.05) is 0 Å². The molecule has 1 heterocycles. The predicted octanol–water partition coefficient (Wildman–Crippen LogP) is 3.19. The van der Waals surface area contributed by atoms with E-state index in [-0.39, 0.29) is 0 Å². The number of hydrogen-bond acceptors (Lipinski definition) is 2. The van der Waals surface area contributed by atoms with Gasteiger partial charge in [-0.3, -0.25) is 0 Å². The quantitative estimate of drug-likeness (QED) is 0.696. The highest BCUT2D eigenvalue weighted by Crippen LogP contribution is 2.20. The molecule has 0 saturated heterocycles. The van der Waals surface area contributed by atoms with E-state index in [9.17, 15) is 0 Å². The molecule has 2 nitrogen and oxygen atoms in total. The Labute approximate surface area is 85.3 Å². The molecule has 1 aromatic heterocycles. The molecule has 0 radical (unpaired) electrons. The van der Waals surface area contributed by atoms with Gasteiger partial charge in [-0.1, -0.05) is 15.9 Å². The van der Waals surface area contributed by atoms with Crippen LogP contribution in [0.2, 0.25) is 0 Å². The number of hydrogen-bond donors (Lipinski definition) is 0. The van der Waals surface area contributed by atoms with Crippen molar-refractivity contribution in [2.45, 2.75) is 0 Å². The van der Waals surface area contributed by atoms with Gasteiger partial charge in [-0.15, -0.1) is 0 Å². The fourth-order valence-electron chi connectivity index (χ4n) is 0.872. The van der Waals surface area contributed by atoms with Crippen LogP contribution in [0, 0.1) is 3.90 Å². The van der Waals surface area contributed by atoms with Gasteiger partial charge in [0.2, 0.25) is 0 Å². The zero-order valence-electron chi connectivity index (χ0n) is 5.34. The highest BCUT2D eigenvalue weighted by atomic mass is 127. The van der Waals surface area contributed by atoms with E-state index >= 15 is 0 Å². The number of oxazole rings is 1. The number of benzene rings is 1. The summed E-state index contributed by atoms with van der Waals surface area (Å²) in [5, 5.41) is 0. The predicted molar refractivity (Wildman–Crippen MR) is 54.4 cm³/mol. The standard InChI is InChI=1S/C7H3BrINO/c8-4-1-2-6-5(3-4)10-7(9)11-6/h1-3H. The van der Waals surface area contributed by atoms with Crippen molar-refractivity contribution in [1.82, 2.24) is 4.98 Å². The van der Waals surface area contributed by atoms with Crippen LogP contribution in [-0.2, 0) is 0 Å². The summed E-state index contributed by atoms with van der Waals surface area (Å²) in [6.45, 7) is 0. The van der Waals surface area contributed by atoms with Gasteiger partial charge in [0.25, 0.3) is 3.90 Å². The Morgan fingerprint density at radius 1 is 1.45 bits per heavy atom. The summed E-state index contributed by atoms with van der Waals surface area (Å²) in [5.74, 6) is 0. The molecular weight excluding hydrogens is 321 g/mol. The maximum Gasteiger partial charge on any atom is 0.258 e. The molecule has 11 heavy (non-hydrogen) atoms. The lowest BCUT2D eigenvalue weighted by Gasteiger charge is -1.85. The maximum absolute atomic E-state index is 5.28. The molecule has 1 aromatic carbocycles.